The maximum absolute atomic E-state index is 12.7. The van der Waals surface area contributed by atoms with Crippen LogP contribution in [-0.2, 0) is 11.2 Å². The van der Waals surface area contributed by atoms with Gasteiger partial charge in [-0.15, -0.1) is 0 Å². The summed E-state index contributed by atoms with van der Waals surface area (Å²) in [5.41, 5.74) is 2.79. The summed E-state index contributed by atoms with van der Waals surface area (Å²) < 4.78 is 10.6. The van der Waals surface area contributed by atoms with Gasteiger partial charge in [0.15, 0.2) is 11.5 Å². The molecule has 0 saturated heterocycles. The van der Waals surface area contributed by atoms with Gasteiger partial charge in [0.25, 0.3) is 0 Å². The predicted molar refractivity (Wildman–Crippen MR) is 104 cm³/mol. The Labute approximate surface area is 159 Å². The molecule has 0 spiro atoms. The molecule has 5 heteroatoms. The van der Waals surface area contributed by atoms with Crippen molar-refractivity contribution in [3.63, 3.8) is 0 Å². The summed E-state index contributed by atoms with van der Waals surface area (Å²) in [7, 11) is 3.16. The number of carbonyl (C=O) groups is 1. The van der Waals surface area contributed by atoms with Gasteiger partial charge in [0.2, 0.25) is 5.91 Å². The second-order valence-corrected chi connectivity index (χ2v) is 6.06. The van der Waals surface area contributed by atoms with Crippen molar-refractivity contribution in [2.45, 2.75) is 12.5 Å². The molecule has 5 nitrogen and oxygen atoms in total. The normalized spacial score (nSPS) is 11.5. The molecule has 0 saturated carbocycles. The van der Waals surface area contributed by atoms with Crippen LogP contribution < -0.4 is 14.8 Å². The van der Waals surface area contributed by atoms with E-state index in [4.69, 9.17) is 9.47 Å². The zero-order chi connectivity index (χ0) is 19.1. The van der Waals surface area contributed by atoms with Crippen molar-refractivity contribution in [2.24, 2.45) is 0 Å². The zero-order valence-electron chi connectivity index (χ0n) is 15.4. The third-order valence-corrected chi connectivity index (χ3v) is 4.27. The summed E-state index contributed by atoms with van der Waals surface area (Å²) in [5.74, 6) is 1.16. The predicted octanol–water partition coefficient (Wildman–Crippen LogP) is 3.55. The van der Waals surface area contributed by atoms with Gasteiger partial charge in [-0.05, 0) is 34.9 Å². The summed E-state index contributed by atoms with van der Waals surface area (Å²) in [5, 5.41) is 3.11. The van der Waals surface area contributed by atoms with E-state index in [1.807, 2.05) is 54.6 Å². The van der Waals surface area contributed by atoms with Crippen molar-refractivity contribution < 1.29 is 14.3 Å². The number of methoxy groups -OCH3 is 2. The highest BCUT2D eigenvalue weighted by Gasteiger charge is 2.17. The lowest BCUT2D eigenvalue weighted by Crippen LogP contribution is -2.30. The fraction of sp³-hybridized carbons (Fsp3) is 0.182. The van der Waals surface area contributed by atoms with Crippen LogP contribution in [0.4, 0.5) is 0 Å². The summed E-state index contributed by atoms with van der Waals surface area (Å²) >= 11 is 0. The Morgan fingerprint density at radius 2 is 1.70 bits per heavy atom. The van der Waals surface area contributed by atoms with Gasteiger partial charge in [0.05, 0.1) is 26.7 Å². The Hall–Kier alpha value is -3.34. The van der Waals surface area contributed by atoms with Gasteiger partial charge < -0.3 is 14.8 Å². The van der Waals surface area contributed by atoms with Crippen LogP contribution in [0.2, 0.25) is 0 Å². The minimum Gasteiger partial charge on any atom is -0.493 e. The molecule has 0 radical (unpaired) electrons. The lowest BCUT2D eigenvalue weighted by molar-refractivity contribution is -0.120. The molecule has 0 bridgehead atoms. The molecule has 3 rings (SSSR count). The fourth-order valence-electron chi connectivity index (χ4n) is 2.94. The third-order valence-electron chi connectivity index (χ3n) is 4.27. The number of amides is 1. The van der Waals surface area contributed by atoms with Crippen molar-refractivity contribution >= 4 is 5.91 Å². The van der Waals surface area contributed by atoms with E-state index in [0.29, 0.717) is 11.5 Å². The lowest BCUT2D eigenvalue weighted by atomic mass is 9.99. The zero-order valence-corrected chi connectivity index (χ0v) is 15.4. The Kier molecular flexibility index (Phi) is 6.05. The van der Waals surface area contributed by atoms with E-state index in [-0.39, 0.29) is 18.4 Å². The molecule has 1 atom stereocenters. The summed E-state index contributed by atoms with van der Waals surface area (Å²) in [6.07, 6.45) is 3.73. The minimum absolute atomic E-state index is 0.0834. The quantitative estimate of drug-likeness (QED) is 0.698. The number of carbonyl (C=O) groups excluding carboxylic acids is 1. The number of benzene rings is 2. The number of nitrogens with one attached hydrogen (secondary N) is 1. The number of hydrogen-bond acceptors (Lipinski definition) is 4. The highest BCUT2D eigenvalue weighted by molar-refractivity contribution is 5.79. The Bertz CT molecular complexity index is 843. The van der Waals surface area contributed by atoms with Crippen LogP contribution in [0.5, 0.6) is 11.5 Å². The average Bonchev–Trinajstić information content (AvgIpc) is 2.73. The van der Waals surface area contributed by atoms with Gasteiger partial charge in [0, 0.05) is 12.4 Å². The molecule has 1 aromatic heterocycles. The molecular formula is C22H22N2O3. The van der Waals surface area contributed by atoms with E-state index < -0.39 is 0 Å². The summed E-state index contributed by atoms with van der Waals surface area (Å²) in [6, 6.07) is 18.9. The van der Waals surface area contributed by atoms with Crippen LogP contribution in [0.15, 0.2) is 73.1 Å². The third kappa shape index (κ3) is 4.64. The molecular weight excluding hydrogens is 340 g/mol. The van der Waals surface area contributed by atoms with Gasteiger partial charge >= 0.3 is 0 Å². The topological polar surface area (TPSA) is 60.5 Å². The molecule has 138 valence electrons. The van der Waals surface area contributed by atoms with E-state index in [0.717, 1.165) is 16.7 Å². The first-order chi connectivity index (χ1) is 13.2. The molecule has 1 amide bonds. The largest absolute Gasteiger partial charge is 0.493 e. The number of rotatable bonds is 7. The molecule has 27 heavy (non-hydrogen) atoms. The molecule has 0 aliphatic carbocycles. The van der Waals surface area contributed by atoms with Gasteiger partial charge in [-0.2, -0.15) is 0 Å². The van der Waals surface area contributed by atoms with E-state index in [2.05, 4.69) is 10.3 Å². The summed E-state index contributed by atoms with van der Waals surface area (Å²) in [4.78, 5) is 16.9. The number of pyridine rings is 1. The van der Waals surface area contributed by atoms with Crippen LogP contribution in [0.3, 0.4) is 0 Å². The molecule has 1 N–H and O–H groups in total. The number of ether oxygens (including phenoxy) is 2. The van der Waals surface area contributed by atoms with Crippen molar-refractivity contribution in [3.8, 4) is 11.5 Å². The highest BCUT2D eigenvalue weighted by Crippen LogP contribution is 2.28. The molecule has 1 heterocycles. The van der Waals surface area contributed by atoms with E-state index in [1.165, 1.54) is 0 Å². The van der Waals surface area contributed by atoms with Crippen LogP contribution in [0, 0.1) is 0 Å². The maximum atomic E-state index is 12.7. The Morgan fingerprint density at radius 3 is 2.37 bits per heavy atom. The van der Waals surface area contributed by atoms with E-state index >= 15 is 0 Å². The van der Waals surface area contributed by atoms with Crippen LogP contribution >= 0.6 is 0 Å². The van der Waals surface area contributed by atoms with Gasteiger partial charge in [-0.3, -0.25) is 9.78 Å². The highest BCUT2D eigenvalue weighted by atomic mass is 16.5. The second kappa shape index (κ2) is 8.85. The van der Waals surface area contributed by atoms with Gasteiger partial charge in [-0.1, -0.05) is 42.5 Å². The standard InChI is InChI=1S/C22H22N2O3/c1-26-19-11-10-16(13-20(19)27-2)14-21(25)24-22(17-7-4-3-5-8-17)18-9-6-12-23-15-18/h3-13,15,22H,14H2,1-2H3,(H,24,25). The first kappa shape index (κ1) is 18.5. The molecule has 0 aliphatic heterocycles. The lowest BCUT2D eigenvalue weighted by Gasteiger charge is -2.20. The number of aromatic nitrogens is 1. The number of nitrogens with zero attached hydrogens (tertiary/aromatic N) is 1. The van der Waals surface area contributed by atoms with Crippen LogP contribution in [-0.4, -0.2) is 25.1 Å². The average molecular weight is 362 g/mol. The number of hydrogen-bond donors (Lipinski definition) is 1. The SMILES string of the molecule is COc1ccc(CC(=O)NC(c2ccccc2)c2cccnc2)cc1OC. The van der Waals surface area contributed by atoms with Crippen molar-refractivity contribution in [2.75, 3.05) is 14.2 Å². The first-order valence-electron chi connectivity index (χ1n) is 8.66. The summed E-state index contributed by atoms with van der Waals surface area (Å²) in [6.45, 7) is 0. The molecule has 2 aromatic carbocycles. The Morgan fingerprint density at radius 1 is 0.963 bits per heavy atom. The van der Waals surface area contributed by atoms with Crippen molar-refractivity contribution in [1.29, 1.82) is 0 Å². The molecule has 1 unspecified atom stereocenters. The molecule has 0 fully saturated rings. The van der Waals surface area contributed by atoms with Gasteiger partial charge in [-0.25, -0.2) is 0 Å². The minimum atomic E-state index is -0.257. The molecule has 3 aromatic rings. The molecule has 0 aliphatic rings. The van der Waals surface area contributed by atoms with Crippen molar-refractivity contribution in [1.82, 2.24) is 10.3 Å². The Balaban J connectivity index is 1.79. The maximum Gasteiger partial charge on any atom is 0.225 e. The fourth-order valence-corrected chi connectivity index (χ4v) is 2.94. The van der Waals surface area contributed by atoms with E-state index in [9.17, 15) is 4.79 Å². The van der Waals surface area contributed by atoms with Crippen molar-refractivity contribution in [3.05, 3.63) is 89.7 Å². The van der Waals surface area contributed by atoms with Gasteiger partial charge in [0.1, 0.15) is 0 Å². The second-order valence-electron chi connectivity index (χ2n) is 6.06. The van der Waals surface area contributed by atoms with E-state index in [1.54, 1.807) is 32.7 Å². The first-order valence-corrected chi connectivity index (χ1v) is 8.66. The monoisotopic (exact) mass is 362 g/mol. The van der Waals surface area contributed by atoms with Crippen LogP contribution in [0.25, 0.3) is 0 Å². The smallest absolute Gasteiger partial charge is 0.225 e. The van der Waals surface area contributed by atoms with Crippen LogP contribution in [0.1, 0.15) is 22.7 Å².